The van der Waals surface area contributed by atoms with E-state index in [1.54, 1.807) is 0 Å². The molecule has 0 atom stereocenters. The lowest BCUT2D eigenvalue weighted by atomic mass is 10.1. The highest BCUT2D eigenvalue weighted by atomic mass is 16.6. The van der Waals surface area contributed by atoms with Crippen molar-refractivity contribution in [1.82, 2.24) is 0 Å². The zero-order chi connectivity index (χ0) is 12.7. The molecule has 1 aromatic carbocycles. The summed E-state index contributed by atoms with van der Waals surface area (Å²) in [6, 6.07) is 8.31. The van der Waals surface area contributed by atoms with E-state index in [2.05, 4.69) is 36.3 Å². The van der Waals surface area contributed by atoms with Gasteiger partial charge >= 0.3 is 5.97 Å². The van der Waals surface area contributed by atoms with Gasteiger partial charge in [-0.15, -0.1) is 0 Å². The molecule has 1 N–H and O–H groups in total. The summed E-state index contributed by atoms with van der Waals surface area (Å²) in [5.41, 5.74) is 2.46. The Labute approximate surface area is 101 Å². The molecule has 0 amide bonds. The summed E-state index contributed by atoms with van der Waals surface area (Å²) in [4.78, 5) is 15.3. The largest absolute Gasteiger partial charge is 0.477 e. The standard InChI is InChI=1S/C13H17NO3/c1-10-5-7-12(8-6-10)4-3-9-17-14-11(2)13(15)16/h5-8H,3-4,9H2,1-2H3,(H,15,16). The normalized spacial score (nSPS) is 11.3. The minimum absolute atomic E-state index is 0.0275. The Kier molecular flexibility index (Phi) is 5.20. The Hall–Kier alpha value is -1.84. The number of nitrogens with zero attached hydrogens (tertiary/aromatic N) is 1. The SMILES string of the molecule is CC(=NOCCCc1ccc(C)cc1)C(=O)O. The van der Waals surface area contributed by atoms with Crippen LogP contribution < -0.4 is 0 Å². The average molecular weight is 235 g/mol. The Morgan fingerprint density at radius 3 is 2.59 bits per heavy atom. The third-order valence-corrected chi connectivity index (χ3v) is 2.33. The highest BCUT2D eigenvalue weighted by Gasteiger charge is 2.01. The van der Waals surface area contributed by atoms with E-state index >= 15 is 0 Å². The van der Waals surface area contributed by atoms with Crippen LogP contribution in [-0.4, -0.2) is 23.4 Å². The summed E-state index contributed by atoms with van der Waals surface area (Å²) in [5.74, 6) is -1.05. The molecule has 4 heteroatoms. The third-order valence-electron chi connectivity index (χ3n) is 2.33. The molecular formula is C13H17NO3. The lowest BCUT2D eigenvalue weighted by molar-refractivity contribution is -0.129. The molecule has 4 nitrogen and oxygen atoms in total. The molecule has 1 aromatic rings. The summed E-state index contributed by atoms with van der Waals surface area (Å²) < 4.78 is 0. The van der Waals surface area contributed by atoms with Crippen molar-refractivity contribution < 1.29 is 14.7 Å². The molecule has 0 spiro atoms. The minimum atomic E-state index is -1.05. The van der Waals surface area contributed by atoms with Crippen molar-refractivity contribution in [2.24, 2.45) is 5.16 Å². The predicted molar refractivity (Wildman–Crippen MR) is 66.2 cm³/mol. The maximum Gasteiger partial charge on any atom is 0.353 e. The highest BCUT2D eigenvalue weighted by Crippen LogP contribution is 2.05. The molecule has 0 aromatic heterocycles. The number of aryl methyl sites for hydroxylation is 2. The summed E-state index contributed by atoms with van der Waals surface area (Å²) in [7, 11) is 0. The Balaban J connectivity index is 2.23. The maximum absolute atomic E-state index is 10.4. The first-order chi connectivity index (χ1) is 8.09. The van der Waals surface area contributed by atoms with Gasteiger partial charge in [-0.05, 0) is 32.3 Å². The van der Waals surface area contributed by atoms with Gasteiger partial charge in [0.2, 0.25) is 0 Å². The lowest BCUT2D eigenvalue weighted by Crippen LogP contribution is -2.08. The summed E-state index contributed by atoms with van der Waals surface area (Å²) >= 11 is 0. The first kappa shape index (κ1) is 13.2. The van der Waals surface area contributed by atoms with Crippen LogP contribution in [0.3, 0.4) is 0 Å². The number of rotatable bonds is 6. The van der Waals surface area contributed by atoms with Gasteiger partial charge in [0.1, 0.15) is 6.61 Å². The second-order valence-electron chi connectivity index (χ2n) is 3.90. The van der Waals surface area contributed by atoms with Gasteiger partial charge < -0.3 is 9.94 Å². The number of hydrogen-bond donors (Lipinski definition) is 1. The zero-order valence-corrected chi connectivity index (χ0v) is 10.1. The molecule has 0 fully saturated rings. The molecule has 0 aliphatic heterocycles. The summed E-state index contributed by atoms with van der Waals surface area (Å²) in [6.45, 7) is 3.89. The quantitative estimate of drug-likeness (QED) is 0.468. The molecular weight excluding hydrogens is 218 g/mol. The minimum Gasteiger partial charge on any atom is -0.477 e. The van der Waals surface area contributed by atoms with E-state index in [9.17, 15) is 4.79 Å². The van der Waals surface area contributed by atoms with Gasteiger partial charge in [-0.2, -0.15) is 0 Å². The fraction of sp³-hybridized carbons (Fsp3) is 0.385. The highest BCUT2D eigenvalue weighted by molar-refractivity contribution is 6.34. The van der Waals surface area contributed by atoms with Gasteiger partial charge in [0, 0.05) is 0 Å². The smallest absolute Gasteiger partial charge is 0.353 e. The molecule has 0 bridgehead atoms. The fourth-order valence-corrected chi connectivity index (χ4v) is 1.28. The van der Waals surface area contributed by atoms with Gasteiger partial charge in [-0.25, -0.2) is 4.79 Å². The molecule has 0 saturated heterocycles. The Morgan fingerprint density at radius 2 is 2.00 bits per heavy atom. The number of carboxylic acid groups (broad SMARTS) is 1. The number of carbonyl (C=O) groups is 1. The number of carboxylic acids is 1. The molecule has 0 heterocycles. The van der Waals surface area contributed by atoms with Crippen LogP contribution in [-0.2, 0) is 16.1 Å². The number of benzene rings is 1. The van der Waals surface area contributed by atoms with Crippen LogP contribution in [0.15, 0.2) is 29.4 Å². The van der Waals surface area contributed by atoms with E-state index in [-0.39, 0.29) is 5.71 Å². The van der Waals surface area contributed by atoms with Crippen LogP contribution in [0, 0.1) is 6.92 Å². The number of aliphatic carboxylic acids is 1. The van der Waals surface area contributed by atoms with Crippen LogP contribution >= 0.6 is 0 Å². The number of oxime groups is 1. The van der Waals surface area contributed by atoms with Crippen LogP contribution in [0.2, 0.25) is 0 Å². The van der Waals surface area contributed by atoms with Crippen molar-refractivity contribution in [3.05, 3.63) is 35.4 Å². The van der Waals surface area contributed by atoms with E-state index in [1.807, 2.05) is 0 Å². The van der Waals surface area contributed by atoms with Gasteiger partial charge in [0.25, 0.3) is 0 Å². The summed E-state index contributed by atoms with van der Waals surface area (Å²) in [6.07, 6.45) is 1.72. The second-order valence-corrected chi connectivity index (χ2v) is 3.90. The van der Waals surface area contributed by atoms with Crippen molar-refractivity contribution in [1.29, 1.82) is 0 Å². The van der Waals surface area contributed by atoms with Crippen molar-refractivity contribution >= 4 is 11.7 Å². The number of hydrogen-bond acceptors (Lipinski definition) is 3. The van der Waals surface area contributed by atoms with Crippen molar-refractivity contribution in [2.45, 2.75) is 26.7 Å². The van der Waals surface area contributed by atoms with Crippen LogP contribution in [0.1, 0.15) is 24.5 Å². The molecule has 0 saturated carbocycles. The van der Waals surface area contributed by atoms with Crippen LogP contribution in [0.5, 0.6) is 0 Å². The van der Waals surface area contributed by atoms with E-state index in [1.165, 1.54) is 18.1 Å². The van der Waals surface area contributed by atoms with E-state index < -0.39 is 5.97 Å². The van der Waals surface area contributed by atoms with E-state index in [4.69, 9.17) is 9.94 Å². The molecule has 0 unspecified atom stereocenters. The summed E-state index contributed by atoms with van der Waals surface area (Å²) in [5, 5.41) is 12.0. The zero-order valence-electron chi connectivity index (χ0n) is 10.1. The predicted octanol–water partition coefficient (Wildman–Crippen LogP) is 2.40. The van der Waals surface area contributed by atoms with Crippen molar-refractivity contribution in [3.8, 4) is 0 Å². The first-order valence-electron chi connectivity index (χ1n) is 5.55. The fourth-order valence-electron chi connectivity index (χ4n) is 1.28. The second kappa shape index (κ2) is 6.68. The van der Waals surface area contributed by atoms with Gasteiger partial charge in [-0.3, -0.25) is 0 Å². The van der Waals surface area contributed by atoms with Crippen LogP contribution in [0.4, 0.5) is 0 Å². The maximum atomic E-state index is 10.4. The molecule has 92 valence electrons. The van der Waals surface area contributed by atoms with Crippen molar-refractivity contribution in [2.75, 3.05) is 6.61 Å². The van der Waals surface area contributed by atoms with Gasteiger partial charge in [0.05, 0.1) is 0 Å². The average Bonchev–Trinajstić information content (AvgIpc) is 2.30. The molecule has 0 aliphatic carbocycles. The van der Waals surface area contributed by atoms with E-state index in [0.717, 1.165) is 12.8 Å². The van der Waals surface area contributed by atoms with E-state index in [0.29, 0.717) is 6.61 Å². The van der Waals surface area contributed by atoms with Crippen molar-refractivity contribution in [3.63, 3.8) is 0 Å². The van der Waals surface area contributed by atoms with Crippen LogP contribution in [0.25, 0.3) is 0 Å². The van der Waals surface area contributed by atoms with Gasteiger partial charge in [-0.1, -0.05) is 35.0 Å². The Bertz CT molecular complexity index is 396. The third kappa shape index (κ3) is 5.15. The Morgan fingerprint density at radius 1 is 1.35 bits per heavy atom. The molecule has 0 radical (unpaired) electrons. The molecule has 1 rings (SSSR count). The molecule has 17 heavy (non-hydrogen) atoms. The monoisotopic (exact) mass is 235 g/mol. The van der Waals surface area contributed by atoms with Gasteiger partial charge in [0.15, 0.2) is 5.71 Å². The molecule has 0 aliphatic rings. The lowest BCUT2D eigenvalue weighted by Gasteiger charge is -2.02. The first-order valence-corrected chi connectivity index (χ1v) is 5.55. The topological polar surface area (TPSA) is 58.9 Å².